The molecule has 2 aromatic heterocycles. The Morgan fingerprint density at radius 2 is 1.24 bits per heavy atom. The zero-order chi connectivity index (χ0) is 32.8. The molecule has 0 spiro atoms. The fourth-order valence-corrected chi connectivity index (χ4v) is 8.47. The van der Waals surface area contributed by atoms with Crippen LogP contribution < -0.4 is 0 Å². The summed E-state index contributed by atoms with van der Waals surface area (Å²) in [7, 11) is -7.66. The van der Waals surface area contributed by atoms with Crippen LogP contribution in [0.4, 0.5) is 0 Å². The Kier molecular flexibility index (Phi) is 11.3. The van der Waals surface area contributed by atoms with Crippen molar-refractivity contribution in [2.45, 2.75) is 87.3 Å². The van der Waals surface area contributed by atoms with Crippen LogP contribution in [0.1, 0.15) is 65.2 Å². The fourth-order valence-electron chi connectivity index (χ4n) is 5.62. The summed E-state index contributed by atoms with van der Waals surface area (Å²) in [5.41, 5.74) is -1.25. The number of rotatable bonds is 10. The monoisotopic (exact) mass is 664 g/mol. The van der Waals surface area contributed by atoms with E-state index in [0.717, 1.165) is 0 Å². The van der Waals surface area contributed by atoms with E-state index in [9.17, 15) is 36.8 Å². The van der Waals surface area contributed by atoms with Gasteiger partial charge in [-0.05, 0) is 69.2 Å². The van der Waals surface area contributed by atoms with Crippen molar-refractivity contribution in [3.63, 3.8) is 0 Å². The molecule has 248 valence electrons. The van der Waals surface area contributed by atoms with Crippen molar-refractivity contribution in [3.05, 3.63) is 59.2 Å². The molecule has 2 aromatic rings. The molecule has 0 N–H and O–H groups in total. The Morgan fingerprint density at radius 1 is 0.778 bits per heavy atom. The third-order valence-corrected chi connectivity index (χ3v) is 12.1. The van der Waals surface area contributed by atoms with Gasteiger partial charge in [0, 0.05) is 62.5 Å². The van der Waals surface area contributed by atoms with Gasteiger partial charge in [0.1, 0.15) is 0 Å². The molecule has 0 aliphatic carbocycles. The average Bonchev–Trinajstić information content (AvgIpc) is 3.46. The minimum Gasteiger partial charge on any atom is -0.756 e. The second kappa shape index (κ2) is 14.6. The number of aromatic nitrogens is 2. The highest BCUT2D eigenvalue weighted by Crippen LogP contribution is 2.30. The summed E-state index contributed by atoms with van der Waals surface area (Å²) < 4.78 is 54.4. The van der Waals surface area contributed by atoms with Crippen molar-refractivity contribution >= 4 is 31.9 Å². The number of hydroxylamine groups is 4. The maximum Gasteiger partial charge on any atom is 0.260 e. The minimum absolute atomic E-state index is 0.0397. The number of pyridine rings is 2. The van der Waals surface area contributed by atoms with E-state index in [2.05, 4.69) is 9.97 Å². The summed E-state index contributed by atoms with van der Waals surface area (Å²) in [6.45, 7) is 3.61. The van der Waals surface area contributed by atoms with E-state index in [0.29, 0.717) is 35.8 Å². The zero-order valence-corrected chi connectivity index (χ0v) is 27.2. The van der Waals surface area contributed by atoms with Gasteiger partial charge in [0.25, 0.3) is 20.0 Å². The van der Waals surface area contributed by atoms with Crippen LogP contribution in [-0.4, -0.2) is 95.6 Å². The Hall–Kier alpha value is -3.02. The molecule has 45 heavy (non-hydrogen) atoms. The first-order valence-electron chi connectivity index (χ1n) is 15.1. The van der Waals surface area contributed by atoms with Crippen LogP contribution in [0.15, 0.2) is 58.8 Å². The number of hydrogen-bond acceptors (Lipinski definition) is 10. The SMILES string of the molecule is CC(C)(CCC(=O)N([O-])C1CCCN(S(=O)(=O)c2ccccn2)CC1)C(=O)N([O-])C1CCCN(S(=O)(=O)c2ccccn2)CC1. The van der Waals surface area contributed by atoms with Gasteiger partial charge in [0.2, 0.25) is 11.8 Å². The second-order valence-corrected chi connectivity index (χ2v) is 15.8. The predicted molar refractivity (Wildman–Crippen MR) is 165 cm³/mol. The van der Waals surface area contributed by atoms with Crippen LogP contribution in [0.2, 0.25) is 0 Å². The summed E-state index contributed by atoms with van der Waals surface area (Å²) >= 11 is 0. The fraction of sp³-hybridized carbons (Fsp3) is 0.586. The topological polar surface area (TPSA) is 187 Å². The van der Waals surface area contributed by atoms with Gasteiger partial charge in [-0.3, -0.25) is 9.59 Å². The van der Waals surface area contributed by atoms with Crippen LogP contribution in [0.25, 0.3) is 0 Å². The number of carbonyl (C=O) groups excluding carboxylic acids is 2. The predicted octanol–water partition coefficient (Wildman–Crippen LogP) is 2.72. The number of amides is 2. The molecule has 2 fully saturated rings. The van der Waals surface area contributed by atoms with E-state index in [1.54, 1.807) is 38.1 Å². The molecule has 14 nitrogen and oxygen atoms in total. The molecule has 0 radical (unpaired) electrons. The molecule has 0 saturated carbocycles. The van der Waals surface area contributed by atoms with Crippen molar-refractivity contribution < 1.29 is 26.4 Å². The summed E-state index contributed by atoms with van der Waals surface area (Å²) in [5, 5.41) is 26.8. The van der Waals surface area contributed by atoms with Gasteiger partial charge in [0.05, 0.1) is 0 Å². The highest BCUT2D eigenvalue weighted by molar-refractivity contribution is 7.89. The van der Waals surface area contributed by atoms with Gasteiger partial charge >= 0.3 is 0 Å². The Bertz CT molecular complexity index is 1530. The van der Waals surface area contributed by atoms with E-state index >= 15 is 0 Å². The third-order valence-electron chi connectivity index (χ3n) is 8.45. The van der Waals surface area contributed by atoms with E-state index in [4.69, 9.17) is 0 Å². The van der Waals surface area contributed by atoms with Crippen molar-refractivity contribution in [3.8, 4) is 0 Å². The number of sulfonamides is 2. The lowest BCUT2D eigenvalue weighted by Gasteiger charge is -2.42. The Balaban J connectivity index is 1.29. The first-order chi connectivity index (χ1) is 21.2. The molecule has 2 aliphatic rings. The summed E-state index contributed by atoms with van der Waals surface area (Å²) in [4.78, 5) is 34.0. The average molecular weight is 665 g/mol. The molecule has 2 amide bonds. The lowest BCUT2D eigenvalue weighted by Crippen LogP contribution is -2.44. The third kappa shape index (κ3) is 8.23. The number of nitrogens with zero attached hydrogens (tertiary/aromatic N) is 6. The van der Waals surface area contributed by atoms with Crippen molar-refractivity contribution in [1.82, 2.24) is 28.7 Å². The van der Waals surface area contributed by atoms with E-state index in [-0.39, 0.29) is 61.9 Å². The van der Waals surface area contributed by atoms with Crippen LogP contribution in [0.5, 0.6) is 0 Å². The molecule has 2 saturated heterocycles. The van der Waals surface area contributed by atoms with Crippen molar-refractivity contribution in [1.29, 1.82) is 0 Å². The van der Waals surface area contributed by atoms with Gasteiger partial charge in [-0.25, -0.2) is 26.8 Å². The standard InChI is InChI=1S/C29H40N6O8S2/c1-29(2,28(37)35(39)24-10-8-20-33(22-15-24)45(42,43)26-12-4-6-18-31-26)16-13-27(36)34(38)23-9-7-19-32(21-14-23)44(40,41)25-11-3-5-17-30-25/h3-6,11-12,17-18,23-24H,7-10,13-16,19-22H2,1-2H3/q-2. The molecule has 16 heteroatoms. The molecule has 2 atom stereocenters. The molecule has 4 rings (SSSR count). The van der Waals surface area contributed by atoms with E-state index in [1.807, 2.05) is 0 Å². The zero-order valence-electron chi connectivity index (χ0n) is 25.5. The molecule has 0 bridgehead atoms. The second-order valence-electron chi connectivity index (χ2n) is 12.0. The maximum atomic E-state index is 13.3. The molecule has 2 aliphatic heterocycles. The van der Waals surface area contributed by atoms with Gasteiger partial charge in [0.15, 0.2) is 10.1 Å². The van der Waals surface area contributed by atoms with E-state index < -0.39 is 49.4 Å². The van der Waals surface area contributed by atoms with Gasteiger partial charge in [-0.15, -0.1) is 0 Å². The van der Waals surface area contributed by atoms with Gasteiger partial charge in [-0.2, -0.15) is 8.61 Å². The molecular formula is C29H40N6O8S2-2. The molecule has 2 unspecified atom stereocenters. The maximum absolute atomic E-state index is 13.3. The summed E-state index contributed by atoms with van der Waals surface area (Å²) in [6, 6.07) is 7.77. The Morgan fingerprint density at radius 3 is 1.69 bits per heavy atom. The highest BCUT2D eigenvalue weighted by Gasteiger charge is 2.35. The van der Waals surface area contributed by atoms with Crippen LogP contribution in [-0.2, 0) is 29.6 Å². The van der Waals surface area contributed by atoms with Crippen molar-refractivity contribution in [2.24, 2.45) is 5.41 Å². The van der Waals surface area contributed by atoms with Crippen molar-refractivity contribution in [2.75, 3.05) is 26.2 Å². The lowest BCUT2D eigenvalue weighted by molar-refractivity contribution is -0.141. The van der Waals surface area contributed by atoms with Gasteiger partial charge in [-0.1, -0.05) is 26.0 Å². The van der Waals surface area contributed by atoms with E-state index in [1.165, 1.54) is 33.1 Å². The first kappa shape index (κ1) is 34.8. The number of hydrogen-bond donors (Lipinski definition) is 0. The lowest BCUT2D eigenvalue weighted by atomic mass is 9.85. The first-order valence-corrected chi connectivity index (χ1v) is 18.0. The Labute approximate surface area is 264 Å². The molecule has 0 aromatic carbocycles. The van der Waals surface area contributed by atoms with Crippen LogP contribution in [0, 0.1) is 15.8 Å². The smallest absolute Gasteiger partial charge is 0.260 e. The largest absolute Gasteiger partial charge is 0.756 e. The minimum atomic E-state index is -3.83. The quantitative estimate of drug-likeness (QED) is 0.342. The number of carbonyl (C=O) groups is 2. The summed E-state index contributed by atoms with van der Waals surface area (Å²) in [6.07, 6.45) is 4.22. The van der Waals surface area contributed by atoms with Gasteiger partial charge < -0.3 is 20.5 Å². The normalized spacial score (nSPS) is 21.0. The summed E-state index contributed by atoms with van der Waals surface area (Å²) in [5.74, 6) is -1.46. The van der Waals surface area contributed by atoms with Crippen LogP contribution in [0.3, 0.4) is 0 Å². The molecular weight excluding hydrogens is 624 g/mol. The highest BCUT2D eigenvalue weighted by atomic mass is 32.2. The molecule has 4 heterocycles. The van der Waals surface area contributed by atoms with Crippen LogP contribution >= 0.6 is 0 Å².